The average molecular weight is 447 g/mol. The van der Waals surface area contributed by atoms with Crippen LogP contribution in [0.25, 0.3) is 0 Å². The van der Waals surface area contributed by atoms with Crippen LogP contribution in [0.1, 0.15) is 36.9 Å². The Hall–Kier alpha value is -2.45. The van der Waals surface area contributed by atoms with Crippen molar-refractivity contribution in [3.63, 3.8) is 0 Å². The van der Waals surface area contributed by atoms with E-state index in [1.165, 1.54) is 0 Å². The van der Waals surface area contributed by atoms with Crippen LogP contribution in [0, 0.1) is 18.7 Å². The second-order valence-electron chi connectivity index (χ2n) is 7.99. The molecule has 2 aromatic rings. The van der Waals surface area contributed by atoms with Crippen LogP contribution in [0.3, 0.4) is 0 Å². The zero-order valence-electron chi connectivity index (χ0n) is 18.3. The molecule has 0 amide bonds. The summed E-state index contributed by atoms with van der Waals surface area (Å²) in [7, 11) is -1.73. The van der Waals surface area contributed by atoms with Crippen molar-refractivity contribution in [2.45, 2.75) is 37.6 Å². The van der Waals surface area contributed by atoms with Crippen LogP contribution >= 0.6 is 0 Å². The highest BCUT2D eigenvalue weighted by molar-refractivity contribution is 7.89. The smallest absolute Gasteiger partial charge is 0.243 e. The molecule has 3 rings (SSSR count). The molecule has 1 aliphatic rings. The van der Waals surface area contributed by atoms with E-state index in [1.54, 1.807) is 54.7 Å². The monoisotopic (exact) mass is 446 g/mol. The van der Waals surface area contributed by atoms with Crippen LogP contribution in [0.15, 0.2) is 58.4 Å². The first-order valence-electron chi connectivity index (χ1n) is 10.6. The number of benzene rings is 2. The van der Waals surface area contributed by atoms with Crippen molar-refractivity contribution in [1.82, 2.24) is 14.9 Å². The van der Waals surface area contributed by atoms with Gasteiger partial charge in [-0.3, -0.25) is 4.99 Å². The number of rotatable bonds is 6. The number of halogens is 1. The van der Waals surface area contributed by atoms with Gasteiger partial charge < -0.3 is 10.6 Å². The van der Waals surface area contributed by atoms with Gasteiger partial charge in [-0.15, -0.1) is 0 Å². The molecule has 0 radical (unpaired) electrons. The Morgan fingerprint density at radius 3 is 2.48 bits per heavy atom. The van der Waals surface area contributed by atoms with E-state index in [2.05, 4.69) is 15.6 Å². The largest absolute Gasteiger partial charge is 0.356 e. The third-order valence-electron chi connectivity index (χ3n) is 5.79. The van der Waals surface area contributed by atoms with Gasteiger partial charge in [0.05, 0.1) is 10.9 Å². The first kappa shape index (κ1) is 23.2. The van der Waals surface area contributed by atoms with Crippen LogP contribution in [-0.4, -0.2) is 45.4 Å². The van der Waals surface area contributed by atoms with Crippen LogP contribution in [0.5, 0.6) is 0 Å². The molecule has 0 aromatic heterocycles. The van der Waals surface area contributed by atoms with Gasteiger partial charge in [0.2, 0.25) is 10.0 Å². The molecule has 2 N–H and O–H groups in total. The minimum atomic E-state index is -3.43. The summed E-state index contributed by atoms with van der Waals surface area (Å²) in [6, 6.07) is 13.7. The third-order valence-corrected chi connectivity index (χ3v) is 7.70. The molecule has 1 aliphatic heterocycles. The van der Waals surface area contributed by atoms with Gasteiger partial charge in [0.15, 0.2) is 5.96 Å². The SMILES string of the molecule is CN=C(NCC1CCN(S(=O)(=O)c2ccccc2)CC1)NC(C)c1ccc(C)c(F)c1. The van der Waals surface area contributed by atoms with Gasteiger partial charge in [0, 0.05) is 26.7 Å². The number of piperidine rings is 1. The van der Waals surface area contributed by atoms with Gasteiger partial charge in [-0.25, -0.2) is 12.8 Å². The Balaban J connectivity index is 1.49. The quantitative estimate of drug-likeness (QED) is 0.527. The maximum Gasteiger partial charge on any atom is 0.243 e. The van der Waals surface area contributed by atoms with Gasteiger partial charge >= 0.3 is 0 Å². The molecule has 0 bridgehead atoms. The van der Waals surface area contributed by atoms with Crippen LogP contribution in [0.4, 0.5) is 4.39 Å². The summed E-state index contributed by atoms with van der Waals surface area (Å²) in [5, 5.41) is 6.62. The Morgan fingerprint density at radius 1 is 1.19 bits per heavy atom. The van der Waals surface area contributed by atoms with E-state index in [4.69, 9.17) is 0 Å². The summed E-state index contributed by atoms with van der Waals surface area (Å²) in [5.74, 6) is 0.784. The van der Waals surface area contributed by atoms with E-state index >= 15 is 0 Å². The molecule has 31 heavy (non-hydrogen) atoms. The number of aryl methyl sites for hydroxylation is 1. The van der Waals surface area contributed by atoms with Gasteiger partial charge in [-0.2, -0.15) is 4.31 Å². The molecular weight excluding hydrogens is 415 g/mol. The summed E-state index contributed by atoms with van der Waals surface area (Å²) in [4.78, 5) is 4.61. The zero-order valence-corrected chi connectivity index (χ0v) is 19.1. The number of aliphatic imine (C=N–C) groups is 1. The Kier molecular flexibility index (Phi) is 7.67. The van der Waals surface area contributed by atoms with E-state index in [1.807, 2.05) is 19.1 Å². The predicted molar refractivity (Wildman–Crippen MR) is 122 cm³/mol. The molecule has 168 valence electrons. The first-order valence-corrected chi connectivity index (χ1v) is 12.0. The topological polar surface area (TPSA) is 73.8 Å². The van der Waals surface area contributed by atoms with E-state index in [0.717, 1.165) is 18.4 Å². The van der Waals surface area contributed by atoms with Crippen LogP contribution < -0.4 is 10.6 Å². The lowest BCUT2D eigenvalue weighted by Crippen LogP contribution is -2.44. The van der Waals surface area contributed by atoms with Gasteiger partial charge in [-0.1, -0.05) is 30.3 Å². The number of guanidine groups is 1. The fraction of sp³-hybridized carbons (Fsp3) is 0.435. The fourth-order valence-corrected chi connectivity index (χ4v) is 5.19. The van der Waals surface area contributed by atoms with Crippen molar-refractivity contribution in [2.24, 2.45) is 10.9 Å². The van der Waals surface area contributed by atoms with Crippen molar-refractivity contribution in [1.29, 1.82) is 0 Å². The van der Waals surface area contributed by atoms with E-state index in [9.17, 15) is 12.8 Å². The summed E-state index contributed by atoms with van der Waals surface area (Å²) in [5.41, 5.74) is 1.48. The minimum Gasteiger partial charge on any atom is -0.356 e. The maximum atomic E-state index is 13.9. The van der Waals surface area contributed by atoms with Crippen LogP contribution in [0.2, 0.25) is 0 Å². The number of nitrogens with zero attached hydrogens (tertiary/aromatic N) is 2. The van der Waals surface area contributed by atoms with Gasteiger partial charge in [0.1, 0.15) is 5.82 Å². The number of sulfonamides is 1. The number of hydrogen-bond donors (Lipinski definition) is 2. The molecule has 1 atom stereocenters. The Bertz CT molecular complexity index is 1000. The standard InChI is InChI=1S/C23H31FN4O2S/c1-17-9-10-20(15-22(17)24)18(2)27-23(25-3)26-16-19-11-13-28(14-12-19)31(29,30)21-7-5-4-6-8-21/h4-10,15,18-19H,11-14,16H2,1-3H3,(H2,25,26,27). The summed E-state index contributed by atoms with van der Waals surface area (Å²) < 4.78 is 40.9. The van der Waals surface area contributed by atoms with E-state index in [0.29, 0.717) is 42.0 Å². The average Bonchev–Trinajstić information content (AvgIpc) is 2.79. The predicted octanol–water partition coefficient (Wildman–Crippen LogP) is 3.46. The second kappa shape index (κ2) is 10.2. The fourth-order valence-electron chi connectivity index (χ4n) is 3.70. The molecule has 2 aromatic carbocycles. The number of hydrogen-bond acceptors (Lipinski definition) is 3. The van der Waals surface area contributed by atoms with Crippen LogP contribution in [-0.2, 0) is 10.0 Å². The van der Waals surface area contributed by atoms with E-state index < -0.39 is 10.0 Å². The molecule has 1 fully saturated rings. The molecule has 0 spiro atoms. The molecule has 0 aliphatic carbocycles. The van der Waals surface area contributed by atoms with E-state index in [-0.39, 0.29) is 11.9 Å². The van der Waals surface area contributed by atoms with Gasteiger partial charge in [0.25, 0.3) is 0 Å². The molecule has 8 heteroatoms. The molecular formula is C23H31FN4O2S. The van der Waals surface area contributed by atoms with Crippen molar-refractivity contribution in [3.05, 3.63) is 65.5 Å². The van der Waals surface area contributed by atoms with Crippen molar-refractivity contribution >= 4 is 16.0 Å². The lowest BCUT2D eigenvalue weighted by Gasteiger charge is -2.31. The summed E-state index contributed by atoms with van der Waals surface area (Å²) in [6.07, 6.45) is 1.57. The molecule has 0 saturated carbocycles. The lowest BCUT2D eigenvalue weighted by molar-refractivity contribution is 0.273. The zero-order chi connectivity index (χ0) is 22.4. The van der Waals surface area contributed by atoms with Crippen molar-refractivity contribution in [2.75, 3.05) is 26.7 Å². The highest BCUT2D eigenvalue weighted by Gasteiger charge is 2.29. The lowest BCUT2D eigenvalue weighted by atomic mass is 9.98. The summed E-state index contributed by atoms with van der Waals surface area (Å²) >= 11 is 0. The first-order chi connectivity index (χ1) is 14.8. The number of nitrogens with one attached hydrogen (secondary N) is 2. The normalized spacial score (nSPS) is 17.4. The second-order valence-corrected chi connectivity index (χ2v) is 9.93. The molecule has 1 saturated heterocycles. The summed E-state index contributed by atoms with van der Waals surface area (Å²) in [6.45, 7) is 5.43. The molecule has 1 heterocycles. The maximum absolute atomic E-state index is 13.9. The Labute approximate surface area is 184 Å². The Morgan fingerprint density at radius 2 is 1.87 bits per heavy atom. The minimum absolute atomic E-state index is 0.0980. The third kappa shape index (κ3) is 5.83. The van der Waals surface area contributed by atoms with Crippen molar-refractivity contribution in [3.8, 4) is 0 Å². The van der Waals surface area contributed by atoms with Crippen molar-refractivity contribution < 1.29 is 12.8 Å². The molecule has 1 unspecified atom stereocenters. The highest BCUT2D eigenvalue weighted by Crippen LogP contribution is 2.23. The van der Waals surface area contributed by atoms with Gasteiger partial charge in [-0.05, 0) is 61.9 Å². The molecule has 6 nitrogen and oxygen atoms in total. The highest BCUT2D eigenvalue weighted by atomic mass is 32.2.